The van der Waals surface area contributed by atoms with E-state index in [1.54, 1.807) is 12.1 Å². The SMILES string of the molecule is CC(C)[N+](C)(C)CC(OC(=O)c1ccccc1)c1ccccc1.[I-]. The van der Waals surface area contributed by atoms with Gasteiger partial charge < -0.3 is 33.2 Å². The lowest BCUT2D eigenvalue weighted by molar-refractivity contribution is -0.914. The molecule has 0 aliphatic heterocycles. The third kappa shape index (κ3) is 5.60. The maximum absolute atomic E-state index is 12.5. The molecule has 2 aromatic rings. The molecule has 0 saturated heterocycles. The Kier molecular flexibility index (Phi) is 7.90. The molecule has 3 nitrogen and oxygen atoms in total. The Morgan fingerprint density at radius 2 is 1.46 bits per heavy atom. The molecule has 2 aromatic carbocycles. The zero-order chi connectivity index (χ0) is 16.9. The number of quaternary nitrogens is 1. The molecule has 0 aliphatic rings. The Labute approximate surface area is 162 Å². The van der Waals surface area contributed by atoms with Crippen molar-refractivity contribution in [1.82, 2.24) is 0 Å². The fourth-order valence-electron chi connectivity index (χ4n) is 2.29. The van der Waals surface area contributed by atoms with Crippen LogP contribution < -0.4 is 24.0 Å². The molecular weight excluding hydrogens is 413 g/mol. The molecule has 0 saturated carbocycles. The first-order valence-corrected chi connectivity index (χ1v) is 8.04. The van der Waals surface area contributed by atoms with Gasteiger partial charge in [0.2, 0.25) is 0 Å². The summed E-state index contributed by atoms with van der Waals surface area (Å²) >= 11 is 0. The van der Waals surface area contributed by atoms with Gasteiger partial charge >= 0.3 is 5.97 Å². The van der Waals surface area contributed by atoms with Crippen LogP contribution in [0.4, 0.5) is 0 Å². The second kappa shape index (κ2) is 9.18. The average Bonchev–Trinajstić information content (AvgIpc) is 2.55. The van der Waals surface area contributed by atoms with Crippen LogP contribution >= 0.6 is 0 Å². The minimum absolute atomic E-state index is 0. The van der Waals surface area contributed by atoms with Crippen molar-refractivity contribution in [3.05, 3.63) is 71.8 Å². The van der Waals surface area contributed by atoms with Crippen molar-refractivity contribution in [2.75, 3.05) is 20.6 Å². The summed E-state index contributed by atoms with van der Waals surface area (Å²) in [7, 11) is 4.33. The minimum atomic E-state index is -0.275. The molecule has 0 spiro atoms. The summed E-state index contributed by atoms with van der Waals surface area (Å²) < 4.78 is 6.63. The van der Waals surface area contributed by atoms with Crippen molar-refractivity contribution in [1.29, 1.82) is 0 Å². The molecular formula is C20H26INO2. The standard InChI is InChI=1S/C20H26NO2.HI/c1-16(2)21(3,4)15-19(17-11-7-5-8-12-17)23-20(22)18-13-9-6-10-14-18;/h5-14,16,19H,15H2,1-4H3;1H/q+1;/p-1. The second-order valence-electron chi connectivity index (χ2n) is 6.73. The Morgan fingerprint density at radius 1 is 0.958 bits per heavy atom. The molecule has 1 atom stereocenters. The first-order valence-electron chi connectivity index (χ1n) is 8.04. The van der Waals surface area contributed by atoms with Gasteiger partial charge in [-0.2, -0.15) is 0 Å². The lowest BCUT2D eigenvalue weighted by Gasteiger charge is -2.37. The number of hydrogen-bond acceptors (Lipinski definition) is 2. The van der Waals surface area contributed by atoms with E-state index in [2.05, 4.69) is 27.9 Å². The van der Waals surface area contributed by atoms with Crippen molar-refractivity contribution in [3.8, 4) is 0 Å². The highest BCUT2D eigenvalue weighted by Crippen LogP contribution is 2.23. The highest BCUT2D eigenvalue weighted by Gasteiger charge is 2.29. The van der Waals surface area contributed by atoms with Gasteiger partial charge in [-0.05, 0) is 31.5 Å². The van der Waals surface area contributed by atoms with Crippen LogP contribution in [0.25, 0.3) is 0 Å². The van der Waals surface area contributed by atoms with E-state index in [4.69, 9.17) is 4.74 Å². The molecule has 0 aliphatic carbocycles. The van der Waals surface area contributed by atoms with E-state index in [0.717, 1.165) is 16.6 Å². The Morgan fingerprint density at radius 3 is 1.96 bits per heavy atom. The topological polar surface area (TPSA) is 26.3 Å². The number of carbonyl (C=O) groups excluding carboxylic acids is 1. The van der Waals surface area contributed by atoms with E-state index in [1.165, 1.54) is 0 Å². The van der Waals surface area contributed by atoms with E-state index in [9.17, 15) is 4.79 Å². The van der Waals surface area contributed by atoms with E-state index >= 15 is 0 Å². The van der Waals surface area contributed by atoms with Crippen molar-refractivity contribution < 1.29 is 38.0 Å². The Hall–Kier alpha value is -1.40. The van der Waals surface area contributed by atoms with E-state index in [1.807, 2.05) is 48.5 Å². The van der Waals surface area contributed by atoms with Crippen molar-refractivity contribution in [2.24, 2.45) is 0 Å². The fourth-order valence-corrected chi connectivity index (χ4v) is 2.29. The van der Waals surface area contributed by atoms with Crippen LogP contribution in [0.15, 0.2) is 60.7 Å². The van der Waals surface area contributed by atoms with Gasteiger partial charge in [-0.25, -0.2) is 4.79 Å². The summed E-state index contributed by atoms with van der Waals surface area (Å²) in [6, 6.07) is 19.6. The normalized spacial score (nSPS) is 12.4. The van der Waals surface area contributed by atoms with E-state index in [-0.39, 0.29) is 36.0 Å². The number of hydrogen-bond donors (Lipinski definition) is 0. The number of nitrogens with zero attached hydrogens (tertiary/aromatic N) is 1. The lowest BCUT2D eigenvalue weighted by Crippen LogP contribution is -3.00. The summed E-state index contributed by atoms with van der Waals surface area (Å²) in [6.07, 6.45) is -0.263. The maximum Gasteiger partial charge on any atom is 0.338 e. The number of halogens is 1. The van der Waals surface area contributed by atoms with E-state index in [0.29, 0.717) is 11.6 Å². The highest BCUT2D eigenvalue weighted by atomic mass is 127. The van der Waals surface area contributed by atoms with Crippen LogP contribution in [-0.4, -0.2) is 37.1 Å². The summed E-state index contributed by atoms with van der Waals surface area (Å²) in [4.78, 5) is 12.5. The van der Waals surface area contributed by atoms with Gasteiger partial charge in [0, 0.05) is 0 Å². The van der Waals surface area contributed by atoms with Crippen LogP contribution in [0, 0.1) is 0 Å². The van der Waals surface area contributed by atoms with Crippen molar-refractivity contribution in [3.63, 3.8) is 0 Å². The third-order valence-electron chi connectivity index (χ3n) is 4.46. The largest absolute Gasteiger partial charge is 1.00 e. The van der Waals surface area contributed by atoms with Gasteiger partial charge in [-0.3, -0.25) is 0 Å². The fraction of sp³-hybridized carbons (Fsp3) is 0.350. The second-order valence-corrected chi connectivity index (χ2v) is 6.73. The van der Waals surface area contributed by atoms with Crippen LogP contribution in [0.3, 0.4) is 0 Å². The van der Waals surface area contributed by atoms with Gasteiger partial charge in [0.15, 0.2) is 6.10 Å². The van der Waals surface area contributed by atoms with Crippen LogP contribution in [-0.2, 0) is 4.74 Å². The molecule has 4 heteroatoms. The molecule has 0 N–H and O–H groups in total. The quantitative estimate of drug-likeness (QED) is 0.383. The summed E-state index contributed by atoms with van der Waals surface area (Å²) in [5, 5.41) is 0. The molecule has 0 radical (unpaired) electrons. The number of carbonyl (C=O) groups is 1. The van der Waals surface area contributed by atoms with Gasteiger partial charge in [0.25, 0.3) is 0 Å². The van der Waals surface area contributed by atoms with Crippen molar-refractivity contribution in [2.45, 2.75) is 26.0 Å². The maximum atomic E-state index is 12.5. The van der Waals surface area contributed by atoms with Crippen LogP contribution in [0.5, 0.6) is 0 Å². The first kappa shape index (κ1) is 20.6. The number of ether oxygens (including phenoxy) is 1. The third-order valence-corrected chi connectivity index (χ3v) is 4.46. The molecule has 0 amide bonds. The molecule has 0 fully saturated rings. The number of rotatable bonds is 6. The monoisotopic (exact) mass is 439 g/mol. The van der Waals surface area contributed by atoms with Crippen LogP contribution in [0.2, 0.25) is 0 Å². The first-order chi connectivity index (χ1) is 10.9. The Balaban J connectivity index is 0.00000288. The van der Waals surface area contributed by atoms with Gasteiger partial charge in [0.1, 0.15) is 6.54 Å². The molecule has 0 bridgehead atoms. The molecule has 1 unspecified atom stereocenters. The molecule has 2 rings (SSSR count). The lowest BCUT2D eigenvalue weighted by atomic mass is 10.1. The van der Waals surface area contributed by atoms with Gasteiger partial charge in [-0.1, -0.05) is 48.5 Å². The predicted molar refractivity (Wildman–Crippen MR) is 93.2 cm³/mol. The molecule has 24 heavy (non-hydrogen) atoms. The average molecular weight is 439 g/mol. The minimum Gasteiger partial charge on any atom is -1.00 e. The van der Waals surface area contributed by atoms with Gasteiger partial charge in [-0.15, -0.1) is 0 Å². The number of esters is 1. The molecule has 130 valence electrons. The zero-order valence-electron chi connectivity index (χ0n) is 14.8. The number of likely N-dealkylation sites (N-methyl/N-ethyl adjacent to an activating group) is 1. The summed E-state index contributed by atoms with van der Waals surface area (Å²) in [5.74, 6) is -0.275. The molecule has 0 heterocycles. The summed E-state index contributed by atoms with van der Waals surface area (Å²) in [6.45, 7) is 5.10. The zero-order valence-corrected chi connectivity index (χ0v) is 16.9. The smallest absolute Gasteiger partial charge is 0.338 e. The van der Waals surface area contributed by atoms with Crippen molar-refractivity contribution >= 4 is 5.97 Å². The highest BCUT2D eigenvalue weighted by molar-refractivity contribution is 5.89. The van der Waals surface area contributed by atoms with E-state index < -0.39 is 0 Å². The number of benzene rings is 2. The Bertz CT molecular complexity index is 627. The molecule has 0 aromatic heterocycles. The summed E-state index contributed by atoms with van der Waals surface area (Å²) in [5.41, 5.74) is 1.62. The van der Waals surface area contributed by atoms with Gasteiger partial charge in [0.05, 0.1) is 25.7 Å². The van der Waals surface area contributed by atoms with Crippen LogP contribution in [0.1, 0.15) is 35.9 Å². The predicted octanol–water partition coefficient (Wildman–Crippen LogP) is 1.07.